The summed E-state index contributed by atoms with van der Waals surface area (Å²) in [5.74, 6) is 0.0714. The summed E-state index contributed by atoms with van der Waals surface area (Å²) >= 11 is 0. The zero-order valence-corrected chi connectivity index (χ0v) is 12.2. The van der Waals surface area contributed by atoms with Gasteiger partial charge in [0.15, 0.2) is 0 Å². The van der Waals surface area contributed by atoms with E-state index in [2.05, 4.69) is 47.8 Å². The summed E-state index contributed by atoms with van der Waals surface area (Å²) in [5.41, 5.74) is 3.38. The van der Waals surface area contributed by atoms with E-state index in [-0.39, 0.29) is 24.6 Å². The molecular formula is C19H18N2O. The van der Waals surface area contributed by atoms with Crippen molar-refractivity contribution < 1.29 is 5.11 Å². The maximum absolute atomic E-state index is 9.31. The monoisotopic (exact) mass is 290 g/mol. The van der Waals surface area contributed by atoms with Crippen molar-refractivity contribution in [1.82, 2.24) is 5.32 Å². The van der Waals surface area contributed by atoms with Crippen LogP contribution >= 0.6 is 0 Å². The van der Waals surface area contributed by atoms with E-state index >= 15 is 0 Å². The average Bonchev–Trinajstić information content (AvgIpc) is 2.55. The molecule has 1 heterocycles. The molecule has 1 aliphatic rings. The van der Waals surface area contributed by atoms with Gasteiger partial charge in [0, 0.05) is 12.0 Å². The lowest BCUT2D eigenvalue weighted by atomic mass is 9.78. The Morgan fingerprint density at radius 1 is 1.00 bits per heavy atom. The summed E-state index contributed by atoms with van der Waals surface area (Å²) in [6.45, 7) is 0.0541. The molecule has 22 heavy (non-hydrogen) atoms. The minimum atomic E-state index is -0.206. The van der Waals surface area contributed by atoms with E-state index in [0.29, 0.717) is 0 Å². The van der Waals surface area contributed by atoms with Crippen LogP contribution in [0.5, 0.6) is 0 Å². The van der Waals surface area contributed by atoms with Crippen LogP contribution in [0.25, 0.3) is 12.2 Å². The van der Waals surface area contributed by atoms with Gasteiger partial charge in [0.25, 0.3) is 0 Å². The van der Waals surface area contributed by atoms with Crippen molar-refractivity contribution in [1.29, 1.82) is 5.26 Å². The standard InChI is InChI=1S/C19H18N2O/c20-12-17-19(18(13-22)21-17)16-10-8-15(9-11-16)7-6-14-4-2-1-3-5-14/h1-11,17-19,21-22H,13H2/b7-6+/t17-,18-,19-/m1/s1. The minimum Gasteiger partial charge on any atom is -0.395 e. The zero-order valence-electron chi connectivity index (χ0n) is 12.2. The molecule has 1 fully saturated rings. The fourth-order valence-electron chi connectivity index (χ4n) is 2.85. The third kappa shape index (κ3) is 2.94. The molecule has 0 aromatic heterocycles. The second kappa shape index (κ2) is 6.57. The highest BCUT2D eigenvalue weighted by Gasteiger charge is 2.40. The number of aliphatic hydroxyl groups is 1. The zero-order chi connectivity index (χ0) is 15.4. The van der Waals surface area contributed by atoms with E-state index in [1.807, 2.05) is 30.3 Å². The largest absolute Gasteiger partial charge is 0.395 e. The first-order valence-electron chi connectivity index (χ1n) is 7.41. The molecule has 2 N–H and O–H groups in total. The molecule has 2 aromatic rings. The van der Waals surface area contributed by atoms with Gasteiger partial charge in [-0.2, -0.15) is 5.26 Å². The van der Waals surface area contributed by atoms with Gasteiger partial charge >= 0.3 is 0 Å². The molecule has 0 unspecified atom stereocenters. The third-order valence-corrected chi connectivity index (χ3v) is 4.11. The fraction of sp³-hybridized carbons (Fsp3) is 0.211. The Morgan fingerprint density at radius 2 is 1.64 bits per heavy atom. The van der Waals surface area contributed by atoms with Gasteiger partial charge in [-0.1, -0.05) is 66.7 Å². The maximum atomic E-state index is 9.31. The van der Waals surface area contributed by atoms with Crippen molar-refractivity contribution in [3.8, 4) is 6.07 Å². The lowest BCUT2D eigenvalue weighted by molar-refractivity contribution is 0.151. The van der Waals surface area contributed by atoms with E-state index in [1.165, 1.54) is 5.56 Å². The van der Waals surface area contributed by atoms with Gasteiger partial charge < -0.3 is 5.11 Å². The van der Waals surface area contributed by atoms with Crippen molar-refractivity contribution in [3.05, 3.63) is 71.3 Å². The summed E-state index contributed by atoms with van der Waals surface area (Å²) in [6, 6.07) is 20.4. The molecule has 3 heteroatoms. The van der Waals surface area contributed by atoms with Gasteiger partial charge in [-0.25, -0.2) is 0 Å². The molecule has 0 spiro atoms. The normalized spacial score (nSPS) is 23.9. The smallest absolute Gasteiger partial charge is 0.104 e. The Labute approximate surface area is 130 Å². The number of nitrogens with one attached hydrogen (secondary N) is 1. The molecule has 1 saturated heterocycles. The van der Waals surface area contributed by atoms with Gasteiger partial charge in [-0.15, -0.1) is 0 Å². The summed E-state index contributed by atoms with van der Waals surface area (Å²) < 4.78 is 0. The number of rotatable bonds is 4. The Balaban J connectivity index is 1.73. The predicted molar refractivity (Wildman–Crippen MR) is 88.0 cm³/mol. The van der Waals surface area contributed by atoms with E-state index in [0.717, 1.165) is 11.1 Å². The van der Waals surface area contributed by atoms with Crippen LogP contribution < -0.4 is 5.32 Å². The van der Waals surface area contributed by atoms with Gasteiger partial charge in [-0.3, -0.25) is 5.32 Å². The van der Waals surface area contributed by atoms with Crippen molar-refractivity contribution >= 4 is 12.2 Å². The first-order valence-corrected chi connectivity index (χ1v) is 7.41. The van der Waals surface area contributed by atoms with Crippen molar-refractivity contribution in [2.45, 2.75) is 18.0 Å². The molecule has 0 radical (unpaired) electrons. The SMILES string of the molecule is N#C[C@H]1N[C@H](CO)[C@@H]1c1ccc(/C=C/c2ccccc2)cc1. The highest BCUT2D eigenvalue weighted by molar-refractivity contribution is 5.69. The summed E-state index contributed by atoms with van der Waals surface area (Å²) in [5, 5.41) is 21.5. The van der Waals surface area contributed by atoms with Crippen LogP contribution in [0.3, 0.4) is 0 Å². The molecule has 0 amide bonds. The van der Waals surface area contributed by atoms with Crippen LogP contribution in [0, 0.1) is 11.3 Å². The Bertz CT molecular complexity index is 686. The maximum Gasteiger partial charge on any atom is 0.104 e. The summed E-state index contributed by atoms with van der Waals surface area (Å²) in [7, 11) is 0. The Kier molecular flexibility index (Phi) is 4.34. The fourth-order valence-corrected chi connectivity index (χ4v) is 2.85. The van der Waals surface area contributed by atoms with Crippen LogP contribution in [0.1, 0.15) is 22.6 Å². The van der Waals surface area contributed by atoms with Crippen LogP contribution in [-0.4, -0.2) is 23.8 Å². The average molecular weight is 290 g/mol. The molecule has 3 nitrogen and oxygen atoms in total. The van der Waals surface area contributed by atoms with Crippen LogP contribution in [0.4, 0.5) is 0 Å². The second-order valence-electron chi connectivity index (χ2n) is 5.50. The van der Waals surface area contributed by atoms with Crippen molar-refractivity contribution in [3.63, 3.8) is 0 Å². The number of nitriles is 1. The number of nitrogens with zero attached hydrogens (tertiary/aromatic N) is 1. The summed E-state index contributed by atoms with van der Waals surface area (Å²) in [6.07, 6.45) is 4.15. The van der Waals surface area contributed by atoms with Gasteiger partial charge in [-0.05, 0) is 16.7 Å². The number of hydrogen-bond acceptors (Lipinski definition) is 3. The number of benzene rings is 2. The lowest BCUT2D eigenvalue weighted by Gasteiger charge is -2.41. The Hall–Kier alpha value is -2.41. The van der Waals surface area contributed by atoms with Gasteiger partial charge in [0.1, 0.15) is 6.04 Å². The quantitative estimate of drug-likeness (QED) is 0.851. The molecule has 3 atom stereocenters. The molecular weight excluding hydrogens is 272 g/mol. The van der Waals surface area contributed by atoms with Gasteiger partial charge in [0.2, 0.25) is 0 Å². The third-order valence-electron chi connectivity index (χ3n) is 4.11. The van der Waals surface area contributed by atoms with Crippen LogP contribution in [0.2, 0.25) is 0 Å². The molecule has 110 valence electrons. The van der Waals surface area contributed by atoms with Crippen LogP contribution in [0.15, 0.2) is 54.6 Å². The number of aliphatic hydroxyl groups excluding tert-OH is 1. The highest BCUT2D eigenvalue weighted by atomic mass is 16.3. The first-order chi connectivity index (χ1) is 10.8. The molecule has 0 bridgehead atoms. The Morgan fingerprint density at radius 3 is 2.23 bits per heavy atom. The minimum absolute atomic E-state index is 0.0182. The number of hydrogen-bond donors (Lipinski definition) is 2. The topological polar surface area (TPSA) is 56.0 Å². The predicted octanol–water partition coefficient (Wildman–Crippen LogP) is 2.80. The van der Waals surface area contributed by atoms with E-state index in [9.17, 15) is 5.11 Å². The molecule has 2 aromatic carbocycles. The first kappa shape index (κ1) is 14.5. The second-order valence-corrected chi connectivity index (χ2v) is 5.50. The van der Waals surface area contributed by atoms with Crippen LogP contribution in [-0.2, 0) is 0 Å². The van der Waals surface area contributed by atoms with Crippen molar-refractivity contribution in [2.75, 3.05) is 6.61 Å². The highest BCUT2D eigenvalue weighted by Crippen LogP contribution is 2.31. The van der Waals surface area contributed by atoms with E-state index < -0.39 is 0 Å². The lowest BCUT2D eigenvalue weighted by Crippen LogP contribution is -2.60. The van der Waals surface area contributed by atoms with Gasteiger partial charge in [0.05, 0.1) is 12.7 Å². The molecule has 1 aliphatic heterocycles. The van der Waals surface area contributed by atoms with E-state index in [1.54, 1.807) is 0 Å². The molecule has 0 aliphatic carbocycles. The van der Waals surface area contributed by atoms with Crippen molar-refractivity contribution in [2.24, 2.45) is 0 Å². The molecule has 0 saturated carbocycles. The van der Waals surface area contributed by atoms with E-state index in [4.69, 9.17) is 5.26 Å². The summed E-state index contributed by atoms with van der Waals surface area (Å²) in [4.78, 5) is 0. The molecule has 3 rings (SSSR count).